The summed E-state index contributed by atoms with van der Waals surface area (Å²) in [6, 6.07) is 0. The highest BCUT2D eigenvalue weighted by atomic mass is 32.2. The summed E-state index contributed by atoms with van der Waals surface area (Å²) in [5.74, 6) is 0.0764. The van der Waals surface area contributed by atoms with Crippen molar-refractivity contribution < 1.29 is 17.6 Å². The van der Waals surface area contributed by atoms with Crippen LogP contribution in [0.15, 0.2) is 0 Å². The van der Waals surface area contributed by atoms with Gasteiger partial charge in [-0.25, -0.2) is 4.89 Å². The SMILES string of the molecule is O=S1(=O)CCCOO1. The Hall–Kier alpha value is -0.130. The van der Waals surface area contributed by atoms with Crippen molar-refractivity contribution in [2.24, 2.45) is 0 Å². The highest BCUT2D eigenvalue weighted by Crippen LogP contribution is 2.03. The van der Waals surface area contributed by atoms with E-state index in [0.717, 1.165) is 0 Å². The molecule has 1 saturated heterocycles. The van der Waals surface area contributed by atoms with E-state index in [4.69, 9.17) is 0 Å². The van der Waals surface area contributed by atoms with Gasteiger partial charge in [-0.05, 0) is 6.42 Å². The molecule has 0 N–H and O–H groups in total. The van der Waals surface area contributed by atoms with Crippen molar-refractivity contribution in [3.63, 3.8) is 0 Å². The Balaban J connectivity index is 2.58. The van der Waals surface area contributed by atoms with E-state index in [2.05, 4.69) is 9.22 Å². The Labute approximate surface area is 47.5 Å². The van der Waals surface area contributed by atoms with Crippen LogP contribution in [0, 0.1) is 0 Å². The first kappa shape index (κ1) is 6.00. The maximum absolute atomic E-state index is 10.3. The van der Waals surface area contributed by atoms with Crippen molar-refractivity contribution in [1.29, 1.82) is 0 Å². The van der Waals surface area contributed by atoms with Crippen molar-refractivity contribution in [1.82, 2.24) is 0 Å². The van der Waals surface area contributed by atoms with E-state index in [-0.39, 0.29) is 5.75 Å². The average molecular weight is 138 g/mol. The van der Waals surface area contributed by atoms with Crippen LogP contribution in [0.1, 0.15) is 6.42 Å². The van der Waals surface area contributed by atoms with E-state index in [1.807, 2.05) is 0 Å². The zero-order chi connectivity index (χ0) is 6.04. The van der Waals surface area contributed by atoms with Gasteiger partial charge in [0.15, 0.2) is 0 Å². The van der Waals surface area contributed by atoms with E-state index in [0.29, 0.717) is 13.0 Å². The van der Waals surface area contributed by atoms with E-state index in [1.54, 1.807) is 0 Å². The van der Waals surface area contributed by atoms with E-state index < -0.39 is 10.1 Å². The fourth-order valence-electron chi connectivity index (χ4n) is 0.436. The Morgan fingerprint density at radius 3 is 2.38 bits per heavy atom. The van der Waals surface area contributed by atoms with Crippen LogP contribution < -0.4 is 0 Å². The van der Waals surface area contributed by atoms with Crippen LogP contribution >= 0.6 is 0 Å². The predicted molar refractivity (Wildman–Crippen MR) is 25.4 cm³/mol. The smallest absolute Gasteiger partial charge is 0.220 e. The summed E-state index contributed by atoms with van der Waals surface area (Å²) < 4.78 is 24.5. The van der Waals surface area contributed by atoms with Gasteiger partial charge in [-0.15, -0.1) is 4.33 Å². The molecule has 5 heteroatoms. The normalized spacial score (nSPS) is 27.5. The van der Waals surface area contributed by atoms with E-state index in [1.165, 1.54) is 0 Å². The summed E-state index contributed by atoms with van der Waals surface area (Å²) in [6.45, 7) is 0.374. The quantitative estimate of drug-likeness (QED) is 0.430. The second kappa shape index (κ2) is 2.00. The van der Waals surface area contributed by atoms with Crippen LogP contribution in [0.5, 0.6) is 0 Å². The molecule has 0 spiro atoms. The molecule has 48 valence electrons. The van der Waals surface area contributed by atoms with Crippen LogP contribution in [0.25, 0.3) is 0 Å². The Bertz CT molecular complexity index is 146. The number of hydrogen-bond acceptors (Lipinski definition) is 4. The molecule has 1 aliphatic heterocycles. The van der Waals surface area contributed by atoms with Crippen molar-refractivity contribution >= 4 is 10.1 Å². The van der Waals surface area contributed by atoms with Crippen LogP contribution in [0.4, 0.5) is 0 Å². The third-order valence-corrected chi connectivity index (χ3v) is 1.87. The van der Waals surface area contributed by atoms with Gasteiger partial charge in [-0.2, -0.15) is 8.42 Å². The maximum atomic E-state index is 10.3. The van der Waals surface area contributed by atoms with Crippen LogP contribution in [-0.4, -0.2) is 20.8 Å². The summed E-state index contributed by atoms with van der Waals surface area (Å²) in [7, 11) is -3.30. The van der Waals surface area contributed by atoms with Gasteiger partial charge in [-0.3, -0.25) is 0 Å². The highest BCUT2D eigenvalue weighted by Gasteiger charge is 2.16. The molecule has 0 aliphatic carbocycles. The van der Waals surface area contributed by atoms with Gasteiger partial charge in [0.1, 0.15) is 0 Å². The molecule has 1 rings (SSSR count). The lowest BCUT2D eigenvalue weighted by Crippen LogP contribution is -2.18. The summed E-state index contributed by atoms with van der Waals surface area (Å²) in [4.78, 5) is 4.20. The zero-order valence-electron chi connectivity index (χ0n) is 4.16. The van der Waals surface area contributed by atoms with Gasteiger partial charge >= 0.3 is 0 Å². The molecule has 0 amide bonds. The van der Waals surface area contributed by atoms with Gasteiger partial charge in [0.05, 0.1) is 12.4 Å². The lowest BCUT2D eigenvalue weighted by atomic mass is 10.5. The molecule has 4 nitrogen and oxygen atoms in total. The minimum absolute atomic E-state index is 0.0764. The van der Waals surface area contributed by atoms with Gasteiger partial charge in [0.25, 0.3) is 10.1 Å². The second-order valence-corrected chi connectivity index (χ2v) is 3.17. The molecule has 0 aromatic carbocycles. The molecule has 1 heterocycles. The molecule has 1 aliphatic rings. The van der Waals surface area contributed by atoms with Crippen LogP contribution in [0.2, 0.25) is 0 Å². The lowest BCUT2D eigenvalue weighted by Gasteiger charge is -2.08. The minimum atomic E-state index is -3.30. The standard InChI is InChI=1S/C3H6O4S/c4-8(5)3-1-2-6-7-8/h1-3H2. The first-order chi connectivity index (χ1) is 3.71. The fraction of sp³-hybridized carbons (Fsp3) is 1.00. The second-order valence-electron chi connectivity index (χ2n) is 1.51. The largest absolute Gasteiger partial charge is 0.293 e. The lowest BCUT2D eigenvalue weighted by molar-refractivity contribution is -0.208. The Kier molecular flexibility index (Phi) is 1.50. The molecule has 0 bridgehead atoms. The Morgan fingerprint density at radius 2 is 2.12 bits per heavy atom. The van der Waals surface area contributed by atoms with Gasteiger partial charge in [-0.1, -0.05) is 0 Å². The predicted octanol–water partition coefficient (Wildman–Crippen LogP) is -0.332. The molecule has 0 atom stereocenters. The van der Waals surface area contributed by atoms with E-state index >= 15 is 0 Å². The number of rotatable bonds is 0. The third-order valence-electron chi connectivity index (χ3n) is 0.774. The summed E-state index contributed by atoms with van der Waals surface area (Å²) >= 11 is 0. The first-order valence-electron chi connectivity index (χ1n) is 2.24. The molecule has 0 radical (unpaired) electrons. The third kappa shape index (κ3) is 1.43. The maximum Gasteiger partial charge on any atom is 0.293 e. The first-order valence-corrected chi connectivity index (χ1v) is 3.82. The van der Waals surface area contributed by atoms with Crippen LogP contribution in [-0.2, 0) is 19.3 Å². The van der Waals surface area contributed by atoms with Gasteiger partial charge < -0.3 is 0 Å². The summed E-state index contributed by atoms with van der Waals surface area (Å²) in [6.07, 6.45) is 0.530. The zero-order valence-corrected chi connectivity index (χ0v) is 4.98. The van der Waals surface area contributed by atoms with Crippen molar-refractivity contribution in [3.05, 3.63) is 0 Å². The molecule has 8 heavy (non-hydrogen) atoms. The van der Waals surface area contributed by atoms with Gasteiger partial charge in [0.2, 0.25) is 0 Å². The molecule has 1 fully saturated rings. The highest BCUT2D eigenvalue weighted by molar-refractivity contribution is 7.86. The molecule has 0 aromatic rings. The van der Waals surface area contributed by atoms with Gasteiger partial charge in [0, 0.05) is 0 Å². The topological polar surface area (TPSA) is 52.6 Å². The number of hydrogen-bond donors (Lipinski definition) is 0. The molecular formula is C3H6O4S. The Morgan fingerprint density at radius 1 is 1.38 bits per heavy atom. The minimum Gasteiger partial charge on any atom is -0.220 e. The van der Waals surface area contributed by atoms with Crippen molar-refractivity contribution in [2.75, 3.05) is 12.4 Å². The van der Waals surface area contributed by atoms with E-state index in [9.17, 15) is 8.42 Å². The summed E-state index contributed by atoms with van der Waals surface area (Å²) in [5, 5.41) is 0. The average Bonchev–Trinajstić information content (AvgIpc) is 1.65. The van der Waals surface area contributed by atoms with Crippen molar-refractivity contribution in [2.45, 2.75) is 6.42 Å². The van der Waals surface area contributed by atoms with Crippen LogP contribution in [0.3, 0.4) is 0 Å². The monoisotopic (exact) mass is 138 g/mol. The molecule has 0 unspecified atom stereocenters. The van der Waals surface area contributed by atoms with Crippen molar-refractivity contribution in [3.8, 4) is 0 Å². The molecule has 0 saturated carbocycles. The fourth-order valence-corrected chi connectivity index (χ4v) is 1.19. The molecular weight excluding hydrogens is 132 g/mol. The molecule has 0 aromatic heterocycles. The summed E-state index contributed by atoms with van der Waals surface area (Å²) in [5.41, 5.74) is 0.